The van der Waals surface area contributed by atoms with Gasteiger partial charge < -0.3 is 4.74 Å². The predicted octanol–water partition coefficient (Wildman–Crippen LogP) is 1.64. The molecule has 1 aromatic carbocycles. The fraction of sp³-hybridized carbons (Fsp3) is 0.222. The second-order valence-corrected chi connectivity index (χ2v) is 2.69. The zero-order valence-electron chi connectivity index (χ0n) is 7.16. The number of carbonyl (C=O) groups is 1. The maximum absolute atomic E-state index is 11.2. The van der Waals surface area contributed by atoms with Gasteiger partial charge >= 0.3 is 5.97 Å². The quantitative estimate of drug-likeness (QED) is 0.594. The molecule has 0 spiro atoms. The predicted molar refractivity (Wildman–Crippen MR) is 50.2 cm³/mol. The van der Waals surface area contributed by atoms with Crippen LogP contribution in [0.15, 0.2) is 30.3 Å². The monoisotopic (exact) mass is 199 g/mol. The number of nitrogens with one attached hydrogen (secondary N) is 1. The van der Waals surface area contributed by atoms with E-state index < -0.39 is 12.0 Å². The molecule has 0 bridgehead atoms. The molecule has 0 aromatic heterocycles. The highest BCUT2D eigenvalue weighted by Gasteiger charge is 2.19. The number of benzene rings is 1. The van der Waals surface area contributed by atoms with Gasteiger partial charge in [0.1, 0.15) is 6.04 Å². The third-order valence-corrected chi connectivity index (χ3v) is 1.90. The number of halogens is 1. The summed E-state index contributed by atoms with van der Waals surface area (Å²) in [7, 11) is 1.33. The summed E-state index contributed by atoms with van der Waals surface area (Å²) in [5.41, 5.74) is 0.782. The van der Waals surface area contributed by atoms with Crippen LogP contribution in [0, 0.1) is 0 Å². The van der Waals surface area contributed by atoms with Gasteiger partial charge in [0.25, 0.3) is 0 Å². The summed E-state index contributed by atoms with van der Waals surface area (Å²) in [6, 6.07) is 8.53. The molecule has 1 atom stereocenters. The first-order valence-electron chi connectivity index (χ1n) is 3.78. The summed E-state index contributed by atoms with van der Waals surface area (Å²) in [5, 5.41) is 0. The molecule has 4 heteroatoms. The molecule has 1 N–H and O–H groups in total. The van der Waals surface area contributed by atoms with E-state index in [1.807, 2.05) is 18.2 Å². The Morgan fingerprint density at radius 2 is 2.08 bits per heavy atom. The molecule has 0 aliphatic rings. The van der Waals surface area contributed by atoms with Gasteiger partial charge in [-0.25, -0.2) is 9.63 Å². The van der Waals surface area contributed by atoms with E-state index in [-0.39, 0.29) is 0 Å². The number of hydrogen-bond donors (Lipinski definition) is 1. The number of rotatable bonds is 3. The van der Waals surface area contributed by atoms with Gasteiger partial charge in [-0.3, -0.25) is 0 Å². The highest BCUT2D eigenvalue weighted by molar-refractivity contribution is 6.14. The zero-order chi connectivity index (χ0) is 9.68. The standard InChI is InChI=1S/C9H10ClNO2/c1-13-9(12)8(11-10)7-5-3-2-4-6-7/h2-6,8,11H,1H3. The minimum atomic E-state index is -0.604. The number of esters is 1. The van der Waals surface area contributed by atoms with Gasteiger partial charge in [0.05, 0.1) is 7.11 Å². The Balaban J connectivity index is 2.85. The van der Waals surface area contributed by atoms with E-state index in [9.17, 15) is 4.79 Å². The number of methoxy groups -OCH3 is 1. The van der Waals surface area contributed by atoms with Crippen LogP contribution in [-0.2, 0) is 9.53 Å². The van der Waals surface area contributed by atoms with E-state index >= 15 is 0 Å². The number of hydrogen-bond acceptors (Lipinski definition) is 3. The van der Waals surface area contributed by atoms with Crippen LogP contribution >= 0.6 is 11.8 Å². The lowest BCUT2D eigenvalue weighted by Crippen LogP contribution is -2.22. The lowest BCUT2D eigenvalue weighted by atomic mass is 10.1. The molecular weight excluding hydrogens is 190 g/mol. The van der Waals surface area contributed by atoms with E-state index in [0.29, 0.717) is 0 Å². The highest BCUT2D eigenvalue weighted by atomic mass is 35.5. The summed E-state index contributed by atoms with van der Waals surface area (Å²) in [6.45, 7) is 0. The molecule has 0 amide bonds. The fourth-order valence-corrected chi connectivity index (χ4v) is 1.22. The van der Waals surface area contributed by atoms with Crippen LogP contribution in [0.25, 0.3) is 0 Å². The van der Waals surface area contributed by atoms with Crippen LogP contribution in [0.1, 0.15) is 11.6 Å². The smallest absolute Gasteiger partial charge is 0.328 e. The molecule has 0 aliphatic carbocycles. The van der Waals surface area contributed by atoms with Crippen molar-refractivity contribution in [1.29, 1.82) is 0 Å². The van der Waals surface area contributed by atoms with Crippen molar-refractivity contribution in [3.05, 3.63) is 35.9 Å². The highest BCUT2D eigenvalue weighted by Crippen LogP contribution is 2.14. The summed E-state index contributed by atoms with van der Waals surface area (Å²) in [5.74, 6) is -0.402. The first-order valence-corrected chi connectivity index (χ1v) is 4.16. The Labute approximate surface area is 81.8 Å². The van der Waals surface area contributed by atoms with Gasteiger partial charge in [-0.05, 0) is 17.3 Å². The fourth-order valence-electron chi connectivity index (χ4n) is 1.01. The van der Waals surface area contributed by atoms with Crippen molar-refractivity contribution in [2.24, 2.45) is 0 Å². The zero-order valence-corrected chi connectivity index (χ0v) is 7.91. The maximum Gasteiger partial charge on any atom is 0.328 e. The minimum absolute atomic E-state index is 0.402. The Bertz CT molecular complexity index is 276. The van der Waals surface area contributed by atoms with Gasteiger partial charge in [0.2, 0.25) is 0 Å². The van der Waals surface area contributed by atoms with Crippen molar-refractivity contribution in [1.82, 2.24) is 4.84 Å². The molecule has 3 nitrogen and oxygen atoms in total. The first-order chi connectivity index (χ1) is 6.29. The van der Waals surface area contributed by atoms with Crippen molar-refractivity contribution in [2.45, 2.75) is 6.04 Å². The topological polar surface area (TPSA) is 38.3 Å². The van der Waals surface area contributed by atoms with Crippen molar-refractivity contribution >= 4 is 17.7 Å². The molecule has 13 heavy (non-hydrogen) atoms. The molecular formula is C9H10ClNO2. The van der Waals surface area contributed by atoms with Crippen LogP contribution in [0.3, 0.4) is 0 Å². The van der Waals surface area contributed by atoms with Crippen molar-refractivity contribution in [3.8, 4) is 0 Å². The SMILES string of the molecule is COC(=O)C(NCl)c1ccccc1. The lowest BCUT2D eigenvalue weighted by Gasteiger charge is -2.11. The number of carbonyl (C=O) groups excluding carboxylic acids is 1. The van der Waals surface area contributed by atoms with Crippen molar-refractivity contribution in [2.75, 3.05) is 7.11 Å². The van der Waals surface area contributed by atoms with Crippen LogP contribution in [0.2, 0.25) is 0 Å². The van der Waals surface area contributed by atoms with Gasteiger partial charge in [0, 0.05) is 0 Å². The first kappa shape index (κ1) is 10.0. The van der Waals surface area contributed by atoms with Gasteiger partial charge in [0.15, 0.2) is 0 Å². The number of ether oxygens (including phenoxy) is 1. The van der Waals surface area contributed by atoms with E-state index in [2.05, 4.69) is 9.57 Å². The molecule has 0 radical (unpaired) electrons. The van der Waals surface area contributed by atoms with Crippen LogP contribution < -0.4 is 4.84 Å². The largest absolute Gasteiger partial charge is 0.468 e. The summed E-state index contributed by atoms with van der Waals surface area (Å²) < 4.78 is 4.57. The van der Waals surface area contributed by atoms with E-state index in [0.717, 1.165) is 5.56 Å². The van der Waals surface area contributed by atoms with Gasteiger partial charge in [-0.15, -0.1) is 0 Å². The maximum atomic E-state index is 11.2. The van der Waals surface area contributed by atoms with Crippen LogP contribution in [0.5, 0.6) is 0 Å². The summed E-state index contributed by atoms with van der Waals surface area (Å²) >= 11 is 5.42. The molecule has 0 fully saturated rings. The summed E-state index contributed by atoms with van der Waals surface area (Å²) in [4.78, 5) is 13.5. The summed E-state index contributed by atoms with van der Waals surface area (Å²) in [6.07, 6.45) is 0. The molecule has 0 saturated carbocycles. The van der Waals surface area contributed by atoms with Crippen LogP contribution in [0.4, 0.5) is 0 Å². The molecule has 0 aliphatic heterocycles. The lowest BCUT2D eigenvalue weighted by molar-refractivity contribution is -0.142. The second-order valence-electron chi connectivity index (χ2n) is 2.48. The van der Waals surface area contributed by atoms with Gasteiger partial charge in [-0.2, -0.15) is 0 Å². The molecule has 1 unspecified atom stereocenters. The molecule has 1 rings (SSSR count). The van der Waals surface area contributed by atoms with E-state index in [1.165, 1.54) is 7.11 Å². The van der Waals surface area contributed by atoms with Crippen LogP contribution in [-0.4, -0.2) is 13.1 Å². The van der Waals surface area contributed by atoms with Crippen molar-refractivity contribution in [3.63, 3.8) is 0 Å². The Hall–Kier alpha value is -1.06. The minimum Gasteiger partial charge on any atom is -0.468 e. The van der Waals surface area contributed by atoms with E-state index in [4.69, 9.17) is 11.8 Å². The normalized spacial score (nSPS) is 12.2. The molecule has 0 heterocycles. The third-order valence-electron chi connectivity index (χ3n) is 1.68. The third kappa shape index (κ3) is 2.44. The molecule has 1 aromatic rings. The average Bonchev–Trinajstić information content (AvgIpc) is 2.20. The Kier molecular flexibility index (Phi) is 3.73. The Morgan fingerprint density at radius 1 is 1.46 bits per heavy atom. The van der Waals surface area contributed by atoms with E-state index in [1.54, 1.807) is 12.1 Å². The Morgan fingerprint density at radius 3 is 2.54 bits per heavy atom. The average molecular weight is 200 g/mol. The second kappa shape index (κ2) is 4.84. The molecule has 70 valence electrons. The van der Waals surface area contributed by atoms with Crippen molar-refractivity contribution < 1.29 is 9.53 Å². The van der Waals surface area contributed by atoms with Gasteiger partial charge in [-0.1, -0.05) is 30.3 Å². The molecule has 0 saturated heterocycles.